The minimum Gasteiger partial charge on any atom is -0.353 e. The van der Waals surface area contributed by atoms with E-state index in [9.17, 15) is 14.0 Å². The number of nitrogens with one attached hydrogen (secondary N) is 1. The van der Waals surface area contributed by atoms with Gasteiger partial charge in [0.1, 0.15) is 29.8 Å². The number of fused-ring (bicyclic) bond motifs is 1. The second kappa shape index (κ2) is 7.44. The van der Waals surface area contributed by atoms with Crippen molar-refractivity contribution in [3.63, 3.8) is 0 Å². The Morgan fingerprint density at radius 1 is 1.31 bits per heavy atom. The van der Waals surface area contributed by atoms with Gasteiger partial charge in [-0.25, -0.2) is 9.37 Å². The zero-order valence-corrected chi connectivity index (χ0v) is 14.4. The number of rotatable bonds is 6. The summed E-state index contributed by atoms with van der Waals surface area (Å²) in [5, 5.41) is 6.75. The Bertz CT molecular complexity index is 978. The van der Waals surface area contributed by atoms with Crippen LogP contribution in [-0.4, -0.2) is 52.7 Å². The van der Waals surface area contributed by atoms with Gasteiger partial charge < -0.3 is 14.7 Å². The Labute approximate surface area is 148 Å². The number of carbonyl (C=O) groups is 1. The van der Waals surface area contributed by atoms with Gasteiger partial charge in [-0.1, -0.05) is 5.16 Å². The third kappa shape index (κ3) is 3.77. The first-order chi connectivity index (χ1) is 12.5. The molecule has 1 aromatic carbocycles. The summed E-state index contributed by atoms with van der Waals surface area (Å²) in [4.78, 5) is 30.7. The molecule has 3 aromatic rings. The van der Waals surface area contributed by atoms with E-state index in [0.29, 0.717) is 18.7 Å². The van der Waals surface area contributed by atoms with Gasteiger partial charge in [0, 0.05) is 18.7 Å². The Hall–Kier alpha value is -3.07. The number of halogens is 1. The van der Waals surface area contributed by atoms with E-state index in [2.05, 4.69) is 15.5 Å². The number of aromatic nitrogens is 3. The van der Waals surface area contributed by atoms with Gasteiger partial charge in [0.15, 0.2) is 0 Å². The number of likely N-dealkylation sites (N-methyl/N-ethyl adjacent to an activating group) is 1. The molecule has 0 fully saturated rings. The van der Waals surface area contributed by atoms with Crippen molar-refractivity contribution < 1.29 is 13.7 Å². The average Bonchev–Trinajstić information content (AvgIpc) is 3.02. The van der Waals surface area contributed by atoms with Crippen LogP contribution in [0.3, 0.4) is 0 Å². The fraction of sp³-hybridized carbons (Fsp3) is 0.294. The monoisotopic (exact) mass is 359 g/mol. The smallest absolute Gasteiger partial charge is 0.267 e. The number of hydrogen-bond acceptors (Lipinski definition) is 6. The number of benzene rings is 1. The topological polar surface area (TPSA) is 93.3 Å². The highest BCUT2D eigenvalue weighted by Crippen LogP contribution is 2.24. The lowest BCUT2D eigenvalue weighted by atomic mass is 10.1. The van der Waals surface area contributed by atoms with Crippen LogP contribution >= 0.6 is 0 Å². The second-order valence-corrected chi connectivity index (χ2v) is 6.05. The molecule has 0 radical (unpaired) electrons. The molecule has 2 aromatic heterocycles. The lowest BCUT2D eigenvalue weighted by Gasteiger charge is -2.11. The lowest BCUT2D eigenvalue weighted by molar-refractivity contribution is -0.121. The fourth-order valence-electron chi connectivity index (χ4n) is 2.43. The van der Waals surface area contributed by atoms with Crippen molar-refractivity contribution in [2.75, 3.05) is 27.2 Å². The maximum atomic E-state index is 13.1. The summed E-state index contributed by atoms with van der Waals surface area (Å²) in [6.45, 7) is 1.01. The minimum atomic E-state index is -0.446. The molecule has 0 unspecified atom stereocenters. The number of nitrogens with zero attached hydrogens (tertiary/aromatic N) is 4. The number of hydrogen-bond donors (Lipinski definition) is 1. The summed E-state index contributed by atoms with van der Waals surface area (Å²) < 4.78 is 19.4. The maximum absolute atomic E-state index is 13.1. The molecular weight excluding hydrogens is 341 g/mol. The first kappa shape index (κ1) is 17.7. The van der Waals surface area contributed by atoms with Crippen molar-refractivity contribution in [2.24, 2.45) is 0 Å². The van der Waals surface area contributed by atoms with E-state index < -0.39 is 11.4 Å². The van der Waals surface area contributed by atoms with E-state index in [-0.39, 0.29) is 29.2 Å². The van der Waals surface area contributed by atoms with Crippen LogP contribution in [0.1, 0.15) is 0 Å². The van der Waals surface area contributed by atoms with Crippen LogP contribution in [-0.2, 0) is 11.3 Å². The van der Waals surface area contributed by atoms with Crippen LogP contribution in [0, 0.1) is 5.82 Å². The summed E-state index contributed by atoms with van der Waals surface area (Å²) >= 11 is 0. The van der Waals surface area contributed by atoms with Crippen molar-refractivity contribution in [3.05, 3.63) is 46.8 Å². The van der Waals surface area contributed by atoms with Gasteiger partial charge in [-0.05, 0) is 38.4 Å². The van der Waals surface area contributed by atoms with Crippen LogP contribution in [0.25, 0.3) is 22.4 Å². The Morgan fingerprint density at radius 3 is 2.73 bits per heavy atom. The van der Waals surface area contributed by atoms with Gasteiger partial charge in [-0.3, -0.25) is 14.2 Å². The normalized spacial score (nSPS) is 11.2. The van der Waals surface area contributed by atoms with Crippen molar-refractivity contribution in [1.29, 1.82) is 0 Å². The SMILES string of the molecule is CN(C)CCNC(=O)Cn1cnc2onc(-c3ccc(F)cc3)c2c1=O. The van der Waals surface area contributed by atoms with E-state index in [1.807, 2.05) is 19.0 Å². The predicted octanol–water partition coefficient (Wildman–Crippen LogP) is 0.868. The van der Waals surface area contributed by atoms with Gasteiger partial charge in [0.25, 0.3) is 11.3 Å². The van der Waals surface area contributed by atoms with Crippen LogP contribution < -0.4 is 10.9 Å². The zero-order chi connectivity index (χ0) is 18.7. The highest BCUT2D eigenvalue weighted by molar-refractivity contribution is 5.88. The molecule has 0 saturated heterocycles. The molecule has 0 aliphatic carbocycles. The Morgan fingerprint density at radius 2 is 2.04 bits per heavy atom. The van der Waals surface area contributed by atoms with Crippen molar-refractivity contribution in [2.45, 2.75) is 6.54 Å². The van der Waals surface area contributed by atoms with E-state index in [0.717, 1.165) is 0 Å². The molecule has 0 spiro atoms. The molecule has 9 heteroatoms. The molecule has 1 N–H and O–H groups in total. The molecule has 3 rings (SSSR count). The van der Waals surface area contributed by atoms with Gasteiger partial charge in [0.05, 0.1) is 0 Å². The second-order valence-electron chi connectivity index (χ2n) is 6.05. The van der Waals surface area contributed by atoms with Gasteiger partial charge in [-0.15, -0.1) is 0 Å². The minimum absolute atomic E-state index is 0.0681. The summed E-state index contributed by atoms with van der Waals surface area (Å²) in [7, 11) is 3.80. The van der Waals surface area contributed by atoms with Gasteiger partial charge in [-0.2, -0.15) is 0 Å². The van der Waals surface area contributed by atoms with Crippen molar-refractivity contribution >= 4 is 17.0 Å². The summed E-state index contributed by atoms with van der Waals surface area (Å²) in [6.07, 6.45) is 1.25. The number of amides is 1. The predicted molar refractivity (Wildman–Crippen MR) is 93.0 cm³/mol. The highest BCUT2D eigenvalue weighted by Gasteiger charge is 2.18. The lowest BCUT2D eigenvalue weighted by Crippen LogP contribution is -2.36. The first-order valence-electron chi connectivity index (χ1n) is 7.98. The molecule has 136 valence electrons. The average molecular weight is 359 g/mol. The standard InChI is InChI=1S/C17H18FN5O3/c1-22(2)8-7-19-13(24)9-23-10-20-16-14(17(23)25)15(21-26-16)11-3-5-12(18)6-4-11/h3-6,10H,7-9H2,1-2H3,(H,19,24). The molecule has 0 aliphatic rings. The molecular formula is C17H18FN5O3. The van der Waals surface area contributed by atoms with Crippen LogP contribution in [0.15, 0.2) is 39.9 Å². The quantitative estimate of drug-likeness (QED) is 0.702. The molecule has 26 heavy (non-hydrogen) atoms. The largest absolute Gasteiger partial charge is 0.353 e. The zero-order valence-electron chi connectivity index (χ0n) is 14.4. The Kier molecular flexibility index (Phi) is 5.08. The highest BCUT2D eigenvalue weighted by atomic mass is 19.1. The first-order valence-corrected chi connectivity index (χ1v) is 7.98. The molecule has 0 atom stereocenters. The molecule has 0 bridgehead atoms. The van der Waals surface area contributed by atoms with Crippen molar-refractivity contribution in [3.8, 4) is 11.3 Å². The summed E-state index contributed by atoms with van der Waals surface area (Å²) in [5.74, 6) is -0.693. The van der Waals surface area contributed by atoms with E-state index in [1.165, 1.54) is 35.2 Å². The van der Waals surface area contributed by atoms with E-state index >= 15 is 0 Å². The number of carbonyl (C=O) groups excluding carboxylic acids is 1. The van der Waals surface area contributed by atoms with Crippen molar-refractivity contribution in [1.82, 2.24) is 24.9 Å². The third-order valence-corrected chi connectivity index (χ3v) is 3.78. The fourth-order valence-corrected chi connectivity index (χ4v) is 2.43. The van der Waals surface area contributed by atoms with Gasteiger partial charge >= 0.3 is 0 Å². The molecule has 0 aliphatic heterocycles. The summed E-state index contributed by atoms with van der Waals surface area (Å²) in [5.41, 5.74) is 0.411. The van der Waals surface area contributed by atoms with Gasteiger partial charge in [0.2, 0.25) is 5.91 Å². The molecule has 8 nitrogen and oxygen atoms in total. The third-order valence-electron chi connectivity index (χ3n) is 3.78. The van der Waals surface area contributed by atoms with E-state index in [4.69, 9.17) is 4.52 Å². The molecule has 0 saturated carbocycles. The molecule has 2 heterocycles. The summed E-state index contributed by atoms with van der Waals surface area (Å²) in [6, 6.07) is 5.53. The van der Waals surface area contributed by atoms with E-state index in [1.54, 1.807) is 0 Å². The Balaban J connectivity index is 1.88. The van der Waals surface area contributed by atoms with Crippen LogP contribution in [0.2, 0.25) is 0 Å². The van der Waals surface area contributed by atoms with Crippen LogP contribution in [0.4, 0.5) is 4.39 Å². The molecule has 1 amide bonds. The van der Waals surface area contributed by atoms with Crippen LogP contribution in [0.5, 0.6) is 0 Å². The maximum Gasteiger partial charge on any atom is 0.267 e.